The van der Waals surface area contributed by atoms with Gasteiger partial charge in [0.25, 0.3) is 0 Å². The van der Waals surface area contributed by atoms with Crippen molar-refractivity contribution >= 4 is 6.08 Å². The Balaban J connectivity index is 2.96. The first kappa shape index (κ1) is 11.5. The molecule has 0 aliphatic carbocycles. The first-order valence-electron chi connectivity index (χ1n) is 5.12. The van der Waals surface area contributed by atoms with Gasteiger partial charge in [-0.1, -0.05) is 44.6 Å². The Morgan fingerprint density at radius 1 is 1.20 bits per heavy atom. The molecule has 1 nitrogen and oxygen atoms in total. The standard InChI is InChI=1S/C14H17N/c1-11(14(2,3)4)9-12-5-7-13(10-15)8-6-12/h5-9H,1-4H3/b11-9-. The first-order valence-corrected chi connectivity index (χ1v) is 5.12. The molecule has 1 aromatic carbocycles. The van der Waals surface area contributed by atoms with Gasteiger partial charge in [0, 0.05) is 0 Å². The SMILES string of the molecule is C/C(=C/c1ccc(C#N)cc1)C(C)(C)C. The molecule has 15 heavy (non-hydrogen) atoms. The van der Waals surface area contributed by atoms with E-state index in [9.17, 15) is 0 Å². The van der Waals surface area contributed by atoms with Crippen LogP contribution < -0.4 is 0 Å². The summed E-state index contributed by atoms with van der Waals surface area (Å²) in [7, 11) is 0. The van der Waals surface area contributed by atoms with Crippen LogP contribution in [-0.4, -0.2) is 0 Å². The summed E-state index contributed by atoms with van der Waals surface area (Å²) in [5.74, 6) is 0. The molecule has 0 unspecified atom stereocenters. The van der Waals surface area contributed by atoms with E-state index < -0.39 is 0 Å². The van der Waals surface area contributed by atoms with Crippen molar-refractivity contribution < 1.29 is 0 Å². The lowest BCUT2D eigenvalue weighted by Crippen LogP contribution is -2.05. The number of rotatable bonds is 1. The summed E-state index contributed by atoms with van der Waals surface area (Å²) in [6.45, 7) is 8.73. The van der Waals surface area contributed by atoms with Crippen molar-refractivity contribution in [3.63, 3.8) is 0 Å². The molecule has 1 rings (SSSR count). The first-order chi connectivity index (χ1) is 6.93. The van der Waals surface area contributed by atoms with E-state index in [1.165, 1.54) is 5.57 Å². The van der Waals surface area contributed by atoms with Gasteiger partial charge in [0.15, 0.2) is 0 Å². The van der Waals surface area contributed by atoms with Gasteiger partial charge in [0.1, 0.15) is 0 Å². The average molecular weight is 199 g/mol. The maximum absolute atomic E-state index is 8.67. The van der Waals surface area contributed by atoms with Gasteiger partial charge in [-0.05, 0) is 30.0 Å². The largest absolute Gasteiger partial charge is 0.192 e. The quantitative estimate of drug-likeness (QED) is 0.670. The lowest BCUT2D eigenvalue weighted by atomic mass is 9.86. The zero-order chi connectivity index (χ0) is 11.5. The van der Waals surface area contributed by atoms with Gasteiger partial charge in [0.05, 0.1) is 11.6 Å². The molecule has 0 bridgehead atoms. The maximum Gasteiger partial charge on any atom is 0.0991 e. The van der Waals surface area contributed by atoms with Gasteiger partial charge in [-0.15, -0.1) is 0 Å². The van der Waals surface area contributed by atoms with Gasteiger partial charge in [-0.25, -0.2) is 0 Å². The van der Waals surface area contributed by atoms with Crippen LogP contribution in [0.25, 0.3) is 6.08 Å². The number of nitrogens with zero attached hydrogens (tertiary/aromatic N) is 1. The summed E-state index contributed by atoms with van der Waals surface area (Å²) in [5, 5.41) is 8.67. The van der Waals surface area contributed by atoms with Crippen LogP contribution in [0.15, 0.2) is 29.8 Å². The minimum atomic E-state index is 0.202. The highest BCUT2D eigenvalue weighted by Crippen LogP contribution is 2.26. The van der Waals surface area contributed by atoms with Crippen LogP contribution in [0.1, 0.15) is 38.8 Å². The maximum atomic E-state index is 8.67. The molecule has 0 aromatic heterocycles. The summed E-state index contributed by atoms with van der Waals surface area (Å²) >= 11 is 0. The molecule has 1 aromatic rings. The number of hydrogen-bond acceptors (Lipinski definition) is 1. The minimum Gasteiger partial charge on any atom is -0.192 e. The van der Waals surface area contributed by atoms with Gasteiger partial charge >= 0.3 is 0 Å². The van der Waals surface area contributed by atoms with Crippen molar-refractivity contribution in [3.8, 4) is 6.07 Å². The Bertz CT molecular complexity index is 396. The van der Waals surface area contributed by atoms with Gasteiger partial charge in [-0.2, -0.15) is 5.26 Å². The third-order valence-corrected chi connectivity index (χ3v) is 2.61. The Morgan fingerprint density at radius 2 is 1.73 bits per heavy atom. The van der Waals surface area contributed by atoms with Crippen molar-refractivity contribution in [2.45, 2.75) is 27.7 Å². The summed E-state index contributed by atoms with van der Waals surface area (Å²) < 4.78 is 0. The average Bonchev–Trinajstić information content (AvgIpc) is 2.17. The number of benzene rings is 1. The normalized spacial score (nSPS) is 12.3. The van der Waals surface area contributed by atoms with Gasteiger partial charge < -0.3 is 0 Å². The summed E-state index contributed by atoms with van der Waals surface area (Å²) in [6.07, 6.45) is 2.17. The minimum absolute atomic E-state index is 0.202. The van der Waals surface area contributed by atoms with Crippen LogP contribution in [-0.2, 0) is 0 Å². The van der Waals surface area contributed by atoms with Crippen molar-refractivity contribution in [2.24, 2.45) is 5.41 Å². The van der Waals surface area contributed by atoms with Gasteiger partial charge in [0.2, 0.25) is 0 Å². The number of allylic oxidation sites excluding steroid dienone is 1. The molecular weight excluding hydrogens is 182 g/mol. The van der Waals surface area contributed by atoms with E-state index in [0.717, 1.165) is 5.56 Å². The topological polar surface area (TPSA) is 23.8 Å². The Morgan fingerprint density at radius 3 is 2.13 bits per heavy atom. The van der Waals surface area contributed by atoms with E-state index in [1.807, 2.05) is 24.3 Å². The molecule has 1 heteroatoms. The molecule has 0 atom stereocenters. The number of nitriles is 1. The van der Waals surface area contributed by atoms with Crippen molar-refractivity contribution in [2.75, 3.05) is 0 Å². The molecule has 0 aliphatic heterocycles. The second kappa shape index (κ2) is 4.31. The second-order valence-electron chi connectivity index (χ2n) is 4.81. The van der Waals surface area contributed by atoms with E-state index in [1.54, 1.807) is 0 Å². The molecule has 0 saturated carbocycles. The lowest BCUT2D eigenvalue weighted by Gasteiger charge is -2.19. The fraction of sp³-hybridized carbons (Fsp3) is 0.357. The van der Waals surface area contributed by atoms with Crippen LogP contribution in [0.3, 0.4) is 0 Å². The zero-order valence-corrected chi connectivity index (χ0v) is 9.83. The number of hydrogen-bond donors (Lipinski definition) is 0. The van der Waals surface area contributed by atoms with E-state index >= 15 is 0 Å². The Kier molecular flexibility index (Phi) is 3.31. The van der Waals surface area contributed by atoms with Crippen LogP contribution >= 0.6 is 0 Å². The van der Waals surface area contributed by atoms with Crippen LogP contribution in [0.2, 0.25) is 0 Å². The molecule has 0 radical (unpaired) electrons. The molecule has 0 N–H and O–H groups in total. The van der Waals surface area contributed by atoms with E-state index in [-0.39, 0.29) is 5.41 Å². The summed E-state index contributed by atoms with van der Waals surface area (Å²) in [5.41, 5.74) is 3.41. The van der Waals surface area contributed by atoms with Crippen molar-refractivity contribution in [3.05, 3.63) is 41.0 Å². The second-order valence-corrected chi connectivity index (χ2v) is 4.81. The molecular formula is C14H17N. The molecule has 78 valence electrons. The monoisotopic (exact) mass is 199 g/mol. The highest BCUT2D eigenvalue weighted by atomic mass is 14.2. The fourth-order valence-corrected chi connectivity index (χ4v) is 1.12. The highest BCUT2D eigenvalue weighted by molar-refractivity contribution is 5.54. The molecule has 0 saturated heterocycles. The lowest BCUT2D eigenvalue weighted by molar-refractivity contribution is 0.508. The van der Waals surface area contributed by atoms with E-state index in [0.29, 0.717) is 5.56 Å². The predicted molar refractivity (Wildman–Crippen MR) is 64.3 cm³/mol. The Hall–Kier alpha value is -1.55. The molecule has 0 fully saturated rings. The third-order valence-electron chi connectivity index (χ3n) is 2.61. The third kappa shape index (κ3) is 3.25. The Labute approximate surface area is 92.1 Å². The van der Waals surface area contributed by atoms with Crippen LogP contribution in [0.5, 0.6) is 0 Å². The molecule has 0 spiro atoms. The van der Waals surface area contributed by atoms with E-state index in [4.69, 9.17) is 5.26 Å². The predicted octanol–water partition coefficient (Wildman–Crippen LogP) is 4.01. The van der Waals surface area contributed by atoms with E-state index in [2.05, 4.69) is 39.8 Å². The highest BCUT2D eigenvalue weighted by Gasteiger charge is 2.11. The molecule has 0 heterocycles. The summed E-state index contributed by atoms with van der Waals surface area (Å²) in [6, 6.07) is 9.77. The summed E-state index contributed by atoms with van der Waals surface area (Å²) in [4.78, 5) is 0. The van der Waals surface area contributed by atoms with Crippen molar-refractivity contribution in [1.29, 1.82) is 5.26 Å². The van der Waals surface area contributed by atoms with Crippen LogP contribution in [0.4, 0.5) is 0 Å². The van der Waals surface area contributed by atoms with Crippen LogP contribution in [0, 0.1) is 16.7 Å². The molecule has 0 amide bonds. The smallest absolute Gasteiger partial charge is 0.0991 e. The van der Waals surface area contributed by atoms with Crippen molar-refractivity contribution in [1.82, 2.24) is 0 Å². The molecule has 0 aliphatic rings. The fourth-order valence-electron chi connectivity index (χ4n) is 1.12. The zero-order valence-electron chi connectivity index (χ0n) is 9.83. The van der Waals surface area contributed by atoms with Gasteiger partial charge in [-0.3, -0.25) is 0 Å².